The van der Waals surface area contributed by atoms with E-state index in [1.807, 2.05) is 10.9 Å². The molecule has 0 aromatic carbocycles. The van der Waals surface area contributed by atoms with Crippen molar-refractivity contribution >= 4 is 29.9 Å². The third-order valence-corrected chi connectivity index (χ3v) is 4.58. The van der Waals surface area contributed by atoms with E-state index in [4.69, 9.17) is 15.2 Å². The lowest BCUT2D eigenvalue weighted by molar-refractivity contribution is 0.0661. The quantitative estimate of drug-likeness (QED) is 0.419. The van der Waals surface area contributed by atoms with E-state index >= 15 is 0 Å². The van der Waals surface area contributed by atoms with Gasteiger partial charge in [-0.3, -0.25) is 0 Å². The van der Waals surface area contributed by atoms with Crippen LogP contribution in [0.2, 0.25) is 0 Å². The first kappa shape index (κ1) is 19.4. The van der Waals surface area contributed by atoms with E-state index in [0.717, 1.165) is 18.8 Å². The summed E-state index contributed by atoms with van der Waals surface area (Å²) in [6.45, 7) is 5.86. The zero-order valence-electron chi connectivity index (χ0n) is 14.3. The predicted molar refractivity (Wildman–Crippen MR) is 101 cm³/mol. The molecule has 2 N–H and O–H groups in total. The Bertz CT molecular complexity index is 552. The summed E-state index contributed by atoms with van der Waals surface area (Å²) in [6, 6.07) is 0.0746. The predicted octanol–water partition coefficient (Wildman–Crippen LogP) is 1.03. The number of nitrogens with zero attached hydrogens (tertiary/aromatic N) is 5. The van der Waals surface area contributed by atoms with Crippen molar-refractivity contribution in [2.45, 2.75) is 38.5 Å². The van der Waals surface area contributed by atoms with E-state index in [-0.39, 0.29) is 36.1 Å². The van der Waals surface area contributed by atoms with Gasteiger partial charge in [-0.25, -0.2) is 9.67 Å². The molecule has 2 aliphatic heterocycles. The Morgan fingerprint density at radius 3 is 3.08 bits per heavy atom. The number of methoxy groups -OCH3 is 1. The summed E-state index contributed by atoms with van der Waals surface area (Å²) in [6.07, 6.45) is 4.37. The highest BCUT2D eigenvalue weighted by Crippen LogP contribution is 2.21. The summed E-state index contributed by atoms with van der Waals surface area (Å²) >= 11 is 0. The summed E-state index contributed by atoms with van der Waals surface area (Å²) in [5.74, 6) is 1.27. The van der Waals surface area contributed by atoms with Crippen LogP contribution in [0.4, 0.5) is 0 Å². The van der Waals surface area contributed by atoms with Crippen molar-refractivity contribution in [3.8, 4) is 0 Å². The summed E-state index contributed by atoms with van der Waals surface area (Å²) < 4.78 is 12.7. The SMILES string of the molecule is CO[C@@H]1COC[C@H]1n1cc(CN=C(N)N2CCCC(C)C2)nn1.I. The molecule has 3 atom stereocenters. The number of aliphatic imine (C=N–C) groups is 1. The fourth-order valence-corrected chi connectivity index (χ4v) is 3.20. The van der Waals surface area contributed by atoms with E-state index in [0.29, 0.717) is 31.6 Å². The Kier molecular flexibility index (Phi) is 7.23. The molecule has 1 unspecified atom stereocenters. The minimum atomic E-state index is 0. The molecule has 0 amide bonds. The second kappa shape index (κ2) is 8.95. The molecule has 0 radical (unpaired) electrons. The number of aromatic nitrogens is 3. The molecule has 9 heteroatoms. The Labute approximate surface area is 159 Å². The highest BCUT2D eigenvalue weighted by Gasteiger charge is 2.30. The maximum absolute atomic E-state index is 6.11. The van der Waals surface area contributed by atoms with Gasteiger partial charge in [0.15, 0.2) is 5.96 Å². The lowest BCUT2D eigenvalue weighted by Crippen LogP contribution is -2.43. The van der Waals surface area contributed by atoms with Crippen LogP contribution >= 0.6 is 24.0 Å². The van der Waals surface area contributed by atoms with Gasteiger partial charge in [-0.05, 0) is 18.8 Å². The van der Waals surface area contributed by atoms with E-state index in [9.17, 15) is 0 Å². The van der Waals surface area contributed by atoms with Gasteiger partial charge in [0.05, 0.1) is 26.0 Å². The molecule has 2 saturated heterocycles. The smallest absolute Gasteiger partial charge is 0.191 e. The number of nitrogens with two attached hydrogens (primary N) is 1. The fourth-order valence-electron chi connectivity index (χ4n) is 3.20. The molecule has 0 bridgehead atoms. The summed E-state index contributed by atoms with van der Waals surface area (Å²) in [4.78, 5) is 6.63. The number of piperidine rings is 1. The van der Waals surface area contributed by atoms with Crippen molar-refractivity contribution in [2.24, 2.45) is 16.6 Å². The van der Waals surface area contributed by atoms with Crippen LogP contribution in [0, 0.1) is 5.92 Å². The van der Waals surface area contributed by atoms with Crippen LogP contribution in [0.3, 0.4) is 0 Å². The molecular weight excluding hydrogens is 423 g/mol. The van der Waals surface area contributed by atoms with Crippen molar-refractivity contribution in [3.05, 3.63) is 11.9 Å². The molecule has 0 saturated carbocycles. The molecule has 136 valence electrons. The summed E-state index contributed by atoms with van der Waals surface area (Å²) in [5, 5.41) is 8.36. The zero-order valence-corrected chi connectivity index (χ0v) is 16.6. The lowest BCUT2D eigenvalue weighted by Gasteiger charge is -2.31. The average Bonchev–Trinajstić information content (AvgIpc) is 3.20. The number of guanidine groups is 1. The number of likely N-dealkylation sites (tertiary alicyclic amines) is 1. The first-order valence-electron chi connectivity index (χ1n) is 8.23. The number of halogens is 1. The fraction of sp³-hybridized carbons (Fsp3) is 0.800. The van der Waals surface area contributed by atoms with Gasteiger partial charge in [0.25, 0.3) is 0 Å². The zero-order chi connectivity index (χ0) is 16.2. The molecule has 2 fully saturated rings. The maximum Gasteiger partial charge on any atom is 0.191 e. The van der Waals surface area contributed by atoms with Crippen molar-refractivity contribution in [1.82, 2.24) is 19.9 Å². The largest absolute Gasteiger partial charge is 0.377 e. The molecule has 1 aromatic rings. The highest BCUT2D eigenvalue weighted by molar-refractivity contribution is 14.0. The second-order valence-corrected chi connectivity index (χ2v) is 6.44. The van der Waals surface area contributed by atoms with Crippen molar-refractivity contribution in [3.63, 3.8) is 0 Å². The van der Waals surface area contributed by atoms with Gasteiger partial charge in [0, 0.05) is 20.2 Å². The van der Waals surface area contributed by atoms with Gasteiger partial charge in [-0.2, -0.15) is 0 Å². The number of hydrogen-bond donors (Lipinski definition) is 1. The third kappa shape index (κ3) is 4.57. The van der Waals surface area contributed by atoms with Crippen molar-refractivity contribution in [2.75, 3.05) is 33.4 Å². The van der Waals surface area contributed by atoms with Crippen LogP contribution in [0.25, 0.3) is 0 Å². The van der Waals surface area contributed by atoms with Crippen LogP contribution in [0.5, 0.6) is 0 Å². The Balaban J connectivity index is 0.00000208. The van der Waals surface area contributed by atoms with Crippen LogP contribution < -0.4 is 5.73 Å². The Hall–Kier alpha value is -0.940. The van der Waals surface area contributed by atoms with Gasteiger partial charge in [-0.15, -0.1) is 29.1 Å². The lowest BCUT2D eigenvalue weighted by atomic mass is 10.0. The first-order valence-corrected chi connectivity index (χ1v) is 8.23. The molecule has 0 aliphatic carbocycles. The number of hydrogen-bond acceptors (Lipinski definition) is 5. The van der Waals surface area contributed by atoms with E-state index < -0.39 is 0 Å². The maximum atomic E-state index is 6.11. The van der Waals surface area contributed by atoms with Gasteiger partial charge in [-0.1, -0.05) is 12.1 Å². The van der Waals surface area contributed by atoms with Gasteiger partial charge in [0.1, 0.15) is 17.8 Å². The molecule has 3 heterocycles. The van der Waals surface area contributed by atoms with Crippen molar-refractivity contribution in [1.29, 1.82) is 0 Å². The van der Waals surface area contributed by atoms with Crippen LogP contribution in [-0.4, -0.2) is 65.4 Å². The Morgan fingerprint density at radius 2 is 2.33 bits per heavy atom. The normalized spacial score (nSPS) is 28.0. The van der Waals surface area contributed by atoms with Gasteiger partial charge >= 0.3 is 0 Å². The monoisotopic (exact) mass is 450 g/mol. The van der Waals surface area contributed by atoms with Crippen LogP contribution in [0.1, 0.15) is 31.5 Å². The molecule has 1 aromatic heterocycles. The number of rotatable bonds is 4. The topological polar surface area (TPSA) is 90.8 Å². The van der Waals surface area contributed by atoms with Crippen LogP contribution in [0.15, 0.2) is 11.2 Å². The Morgan fingerprint density at radius 1 is 1.50 bits per heavy atom. The second-order valence-electron chi connectivity index (χ2n) is 6.44. The summed E-state index contributed by atoms with van der Waals surface area (Å²) in [7, 11) is 1.69. The van der Waals surface area contributed by atoms with E-state index in [1.54, 1.807) is 7.11 Å². The minimum absolute atomic E-state index is 0. The molecule has 3 rings (SSSR count). The summed E-state index contributed by atoms with van der Waals surface area (Å²) in [5.41, 5.74) is 6.92. The first-order chi connectivity index (χ1) is 11.2. The molecule has 0 spiro atoms. The van der Waals surface area contributed by atoms with Gasteiger partial charge < -0.3 is 20.1 Å². The van der Waals surface area contributed by atoms with Crippen molar-refractivity contribution < 1.29 is 9.47 Å². The standard InChI is InChI=1S/C15H26N6O2.HI/c1-11-4-3-5-20(7-11)15(16)17-6-12-8-21(19-18-12)13-9-23-10-14(13)22-2;/h8,11,13-14H,3-7,9-10H2,1-2H3,(H2,16,17);1H/t11?,13-,14-;/m1./s1. The molecule has 8 nitrogen and oxygen atoms in total. The third-order valence-electron chi connectivity index (χ3n) is 4.58. The average molecular weight is 450 g/mol. The van der Waals surface area contributed by atoms with Crippen LogP contribution in [-0.2, 0) is 16.0 Å². The molecular formula is C15H27IN6O2. The minimum Gasteiger partial charge on any atom is -0.377 e. The molecule has 2 aliphatic rings. The van der Waals surface area contributed by atoms with Gasteiger partial charge in [0.2, 0.25) is 0 Å². The highest BCUT2D eigenvalue weighted by atomic mass is 127. The number of ether oxygens (including phenoxy) is 2. The van der Waals surface area contributed by atoms with E-state index in [1.165, 1.54) is 12.8 Å². The molecule has 24 heavy (non-hydrogen) atoms. The van der Waals surface area contributed by atoms with E-state index in [2.05, 4.69) is 27.1 Å².